The number of nitrogens with zero attached hydrogens (tertiary/aromatic N) is 7. The van der Waals surface area contributed by atoms with Crippen LogP contribution in [0.3, 0.4) is 0 Å². The van der Waals surface area contributed by atoms with Crippen molar-refractivity contribution in [1.29, 1.82) is 0 Å². The van der Waals surface area contributed by atoms with Crippen molar-refractivity contribution in [2.75, 3.05) is 19.0 Å². The second-order valence-corrected chi connectivity index (χ2v) is 32.4. The molecule has 0 fully saturated rings. The number of esters is 1. The van der Waals surface area contributed by atoms with Crippen molar-refractivity contribution >= 4 is 148 Å². The molecule has 0 bridgehead atoms. The minimum atomic E-state index is -0.440. The average molecular weight is 2760 g/mol. The van der Waals surface area contributed by atoms with Gasteiger partial charge < -0.3 is 50.1 Å². The maximum absolute atomic E-state index is 12.4. The SMILES string of the molecule is CC(=O)C=C(C)O.CC(=O)C=C(C)O.CC(=O)C=C(C)O.CC(=O)C=C(C)O.CC(=O)C=C(C)O.CN(C)c1ccc2c(c1)OC(=O)C(c1nc3ccccc3s1)[CH-]2.[Ir].[Ir].[Ir].[Ir].[Ir].[c-]1cc2ccccc2cc1-c1nccc2ccccc12.[c-]1ccc2ccccc2c1-c1cc2ccccc2cn1.[c-]1ccc2ccccc2c1-c1nc2ccccc2s1.[c-]1cnccc1-c1nccc2ccccc12. The van der Waals surface area contributed by atoms with Crippen LogP contribution in [-0.4, -0.2) is 104 Å². The molecule has 1 atom stereocenters. The van der Waals surface area contributed by atoms with E-state index in [4.69, 9.17) is 35.3 Å². The molecule has 715 valence electrons. The van der Waals surface area contributed by atoms with Crippen molar-refractivity contribution in [2.45, 2.75) is 75.2 Å². The molecule has 0 spiro atoms. The molecular formula is C112H98Ir5N7O12S2-5. The van der Waals surface area contributed by atoms with Gasteiger partial charge in [0.25, 0.3) is 0 Å². The largest absolute Gasteiger partial charge is 0.512 e. The minimum absolute atomic E-state index is 0. The third-order valence-electron chi connectivity index (χ3n) is 19.0. The Morgan fingerprint density at radius 2 is 0.797 bits per heavy atom. The molecule has 5 radical (unpaired) electrons. The molecular weight excluding hydrogens is 2660 g/mol. The van der Waals surface area contributed by atoms with E-state index < -0.39 is 5.92 Å². The number of anilines is 1. The Bertz CT molecular complexity index is 6910. The summed E-state index contributed by atoms with van der Waals surface area (Å²) in [6.07, 6.45) is 16.8. The first kappa shape index (κ1) is 116. The third kappa shape index (κ3) is 35.9. The topological polar surface area (TPSA) is 293 Å². The van der Waals surface area contributed by atoms with E-state index in [0.29, 0.717) is 5.75 Å². The van der Waals surface area contributed by atoms with Crippen molar-refractivity contribution in [3.8, 4) is 50.1 Å². The molecule has 26 heteroatoms. The predicted molar refractivity (Wildman–Crippen MR) is 540 cm³/mol. The van der Waals surface area contributed by atoms with Gasteiger partial charge in [-0.1, -0.05) is 204 Å². The van der Waals surface area contributed by atoms with Gasteiger partial charge in [-0.2, -0.15) is 35.5 Å². The van der Waals surface area contributed by atoms with Crippen molar-refractivity contribution in [2.24, 2.45) is 0 Å². The molecule has 0 saturated carbocycles. The van der Waals surface area contributed by atoms with E-state index in [1.54, 1.807) is 23.7 Å². The maximum Gasteiger partial charge on any atom is 0.301 e. The number of carbonyl (C=O) groups is 6. The zero-order valence-corrected chi connectivity index (χ0v) is 90.7. The van der Waals surface area contributed by atoms with Crippen molar-refractivity contribution in [3.63, 3.8) is 0 Å². The molecule has 0 saturated heterocycles. The van der Waals surface area contributed by atoms with E-state index in [1.807, 2.05) is 153 Å². The first-order valence-electron chi connectivity index (χ1n) is 42.0. The number of hydrogen-bond donors (Lipinski definition) is 5. The number of thiazole rings is 2. The van der Waals surface area contributed by atoms with Crippen LogP contribution in [0.5, 0.6) is 5.75 Å². The van der Waals surface area contributed by atoms with Gasteiger partial charge in [0.1, 0.15) is 5.01 Å². The van der Waals surface area contributed by atoms with Gasteiger partial charge >= 0.3 is 5.97 Å². The Kier molecular flexibility index (Phi) is 49.0. The molecule has 19 nitrogen and oxygen atoms in total. The van der Waals surface area contributed by atoms with Gasteiger partial charge in [-0.25, -0.2) is 4.98 Å². The summed E-state index contributed by atoms with van der Waals surface area (Å²) in [5, 5.41) is 58.0. The summed E-state index contributed by atoms with van der Waals surface area (Å²) in [5.41, 5.74) is 11.0. The summed E-state index contributed by atoms with van der Waals surface area (Å²) in [4.78, 5) is 91.3. The number of aliphatic hydroxyl groups is 5. The molecule has 6 aromatic heterocycles. The van der Waals surface area contributed by atoms with Crippen LogP contribution < -0.4 is 9.64 Å². The van der Waals surface area contributed by atoms with Crippen molar-refractivity contribution in [1.82, 2.24) is 29.9 Å². The van der Waals surface area contributed by atoms with Crippen LogP contribution in [0, 0.1) is 30.7 Å². The molecule has 19 rings (SSSR count). The standard InChI is InChI=1S/2C19H12N.C18H15N2O2S.C17H10NS.C14H9N2.5C5H8O2.5Ir/c1-2-8-16-13-20-19(12-15(16)7-1)18-11-5-9-14-6-3-4-10-17(14)18;1-2-7-16-13-17(10-9-14(16)5-1)19-18-8-4-3-6-15(18)11-12-20-19;1-20(2)12-8-7-11-9-13(18(21)22-15(11)10-12)17-19-14-5-3-4-6-16(14)23-17;1-2-8-13-12(6-1)7-5-9-14(13)17-18-15-10-3-4-11-16(15)19-17;1-2-4-13-11(3-1)7-10-16-14(13)12-5-8-15-9-6-12;5*1-4(6)3-5(2)7;;;;;/h1-10,12-13H;1-9,11-13H;3-10,13H,1-2H3;1-8,10-11H;1-5,7-10H;5*3,6H,1-2H3;;;;;/q5*-1;;;;;;;;;;. The van der Waals surface area contributed by atoms with Gasteiger partial charge in [0, 0.05) is 185 Å². The van der Waals surface area contributed by atoms with Gasteiger partial charge in [-0.05, 0) is 167 Å². The number of ether oxygens (including phenoxy) is 1. The fraction of sp³-hybridized carbons (Fsp3) is 0.116. The molecule has 138 heavy (non-hydrogen) atoms. The Hall–Kier alpha value is -13.0. The van der Waals surface area contributed by atoms with Gasteiger partial charge in [-0.3, -0.25) is 38.7 Å². The number of pyridine rings is 4. The zero-order valence-electron chi connectivity index (χ0n) is 77.1. The predicted octanol–water partition coefficient (Wildman–Crippen LogP) is 26.5. The van der Waals surface area contributed by atoms with Crippen LogP contribution >= 0.6 is 22.7 Å². The van der Waals surface area contributed by atoms with Gasteiger partial charge in [0.05, 0.1) is 50.4 Å². The Morgan fingerprint density at radius 1 is 0.391 bits per heavy atom. The average Bonchev–Trinajstić information content (AvgIpc) is 1.80. The number of ketones is 5. The summed E-state index contributed by atoms with van der Waals surface area (Å²) >= 11 is 3.26. The number of carbonyl (C=O) groups excluding carboxylic acids is 6. The van der Waals surface area contributed by atoms with Gasteiger partial charge in [0.2, 0.25) is 0 Å². The van der Waals surface area contributed by atoms with Crippen LogP contribution in [0.25, 0.3) is 129 Å². The molecule has 5 N–H and O–H groups in total. The number of benzene rings is 12. The Balaban J connectivity index is 0.000000279. The monoisotopic (exact) mass is 2760 g/mol. The summed E-state index contributed by atoms with van der Waals surface area (Å²) in [6.45, 7) is 14.2. The molecule has 7 heterocycles. The van der Waals surface area contributed by atoms with E-state index in [2.05, 4.69) is 213 Å². The molecule has 0 amide bonds. The number of para-hydroxylation sites is 2. The van der Waals surface area contributed by atoms with E-state index >= 15 is 0 Å². The second kappa shape index (κ2) is 58.6. The summed E-state index contributed by atoms with van der Waals surface area (Å²) < 4.78 is 7.86. The Labute approximate surface area is 878 Å². The van der Waals surface area contributed by atoms with Crippen molar-refractivity contribution < 1.29 is 160 Å². The van der Waals surface area contributed by atoms with Crippen molar-refractivity contribution in [3.05, 3.63) is 404 Å². The first-order chi connectivity index (χ1) is 63.9. The maximum atomic E-state index is 12.4. The van der Waals surface area contributed by atoms with Crippen LogP contribution in [0.4, 0.5) is 5.69 Å². The number of hydrogen-bond acceptors (Lipinski definition) is 21. The molecule has 0 aliphatic carbocycles. The fourth-order valence-electron chi connectivity index (χ4n) is 13.4. The molecule has 18 aromatic rings. The second-order valence-electron chi connectivity index (χ2n) is 30.4. The number of allylic oxidation sites excluding steroid dienone is 10. The Morgan fingerprint density at radius 3 is 1.25 bits per heavy atom. The smallest absolute Gasteiger partial charge is 0.301 e. The van der Waals surface area contributed by atoms with Crippen LogP contribution in [-0.2, 0) is 129 Å². The number of rotatable bonds is 11. The molecule has 1 aliphatic heterocycles. The molecule has 12 aromatic carbocycles. The number of aromatic nitrogens is 6. The summed E-state index contributed by atoms with van der Waals surface area (Å²) in [6, 6.07) is 105. The quantitative estimate of drug-likeness (QED) is 0.0264. The summed E-state index contributed by atoms with van der Waals surface area (Å²) in [7, 11) is 3.92. The van der Waals surface area contributed by atoms with E-state index in [-0.39, 0.29) is 164 Å². The number of aliphatic hydroxyl groups excluding tert-OH is 5. The van der Waals surface area contributed by atoms with Gasteiger partial charge in [0.15, 0.2) is 28.9 Å². The van der Waals surface area contributed by atoms with E-state index in [9.17, 15) is 28.8 Å². The third-order valence-corrected chi connectivity index (χ3v) is 21.1. The normalized spacial score (nSPS) is 11.6. The van der Waals surface area contributed by atoms with Gasteiger partial charge in [-0.15, -0.1) is 110 Å². The number of fused-ring (bicyclic) bond motifs is 9. The fourth-order valence-corrected chi connectivity index (χ4v) is 15.4. The van der Waals surface area contributed by atoms with E-state index in [1.165, 1.54) is 170 Å². The first-order valence-corrected chi connectivity index (χ1v) is 43.6. The molecule has 1 aliphatic rings. The summed E-state index contributed by atoms with van der Waals surface area (Å²) in [5.74, 6) is -0.413. The molecule has 1 unspecified atom stereocenters. The van der Waals surface area contributed by atoms with Crippen LogP contribution in [0.15, 0.2) is 363 Å². The zero-order chi connectivity index (χ0) is 95.5. The van der Waals surface area contributed by atoms with Crippen LogP contribution in [0.1, 0.15) is 85.7 Å². The minimum Gasteiger partial charge on any atom is -0.512 e. The van der Waals surface area contributed by atoms with E-state index in [0.717, 1.165) is 87.1 Å². The van der Waals surface area contributed by atoms with Crippen LogP contribution in [0.2, 0.25) is 0 Å².